The van der Waals surface area contributed by atoms with Crippen molar-refractivity contribution in [1.82, 2.24) is 5.01 Å². The van der Waals surface area contributed by atoms with Gasteiger partial charge in [-0.15, -0.1) is 0 Å². The molecule has 0 aliphatic carbocycles. The maximum Gasteiger partial charge on any atom is 0.431 e. The number of rotatable bonds is 3. The molecule has 0 aromatic rings. The minimum absolute atomic E-state index is 0.0895. The van der Waals surface area contributed by atoms with Crippen LogP contribution in [0.2, 0.25) is 0 Å². The number of hydrogen-bond acceptors (Lipinski definition) is 4. The SMILES string of the molecule is CCOC(=O)CN1N=C(C(F)(F)F)C(C)C1=O. The number of carbonyl (C=O) groups excluding carboxylic acids is 2. The molecule has 1 amide bonds. The van der Waals surface area contributed by atoms with Crippen molar-refractivity contribution >= 4 is 17.6 Å². The van der Waals surface area contributed by atoms with Crippen LogP contribution in [0, 0.1) is 5.92 Å². The predicted molar refractivity (Wildman–Crippen MR) is 51.0 cm³/mol. The van der Waals surface area contributed by atoms with Crippen LogP contribution in [0.4, 0.5) is 13.2 Å². The Labute approximate surface area is 95.2 Å². The molecule has 1 heterocycles. The molecular weight excluding hydrogens is 241 g/mol. The van der Waals surface area contributed by atoms with Crippen LogP contribution in [0.25, 0.3) is 0 Å². The first kappa shape index (κ1) is 13.5. The smallest absolute Gasteiger partial charge is 0.431 e. The van der Waals surface area contributed by atoms with Crippen molar-refractivity contribution in [3.05, 3.63) is 0 Å². The van der Waals surface area contributed by atoms with Gasteiger partial charge in [0.1, 0.15) is 6.54 Å². The van der Waals surface area contributed by atoms with Crippen molar-refractivity contribution < 1.29 is 27.5 Å². The van der Waals surface area contributed by atoms with E-state index < -0.39 is 36.2 Å². The molecule has 0 radical (unpaired) electrons. The topological polar surface area (TPSA) is 59.0 Å². The molecule has 0 bridgehead atoms. The standard InChI is InChI=1S/C9H11F3N2O3/c1-3-17-6(15)4-14-8(16)5(2)7(13-14)9(10,11)12/h5H,3-4H2,1-2H3. The third-order valence-electron chi connectivity index (χ3n) is 2.14. The minimum Gasteiger partial charge on any atom is -0.465 e. The second-order valence-corrected chi connectivity index (χ2v) is 3.41. The van der Waals surface area contributed by atoms with Gasteiger partial charge in [0.05, 0.1) is 12.5 Å². The van der Waals surface area contributed by atoms with Gasteiger partial charge in [0.25, 0.3) is 5.91 Å². The molecule has 1 rings (SSSR count). The van der Waals surface area contributed by atoms with Gasteiger partial charge in [0.15, 0.2) is 5.71 Å². The number of carbonyl (C=O) groups is 2. The highest BCUT2D eigenvalue weighted by Gasteiger charge is 2.47. The first-order valence-electron chi connectivity index (χ1n) is 4.90. The summed E-state index contributed by atoms with van der Waals surface area (Å²) in [4.78, 5) is 22.4. The lowest BCUT2D eigenvalue weighted by Gasteiger charge is -2.11. The van der Waals surface area contributed by atoms with E-state index in [1.54, 1.807) is 6.92 Å². The molecule has 5 nitrogen and oxygen atoms in total. The van der Waals surface area contributed by atoms with Gasteiger partial charge in [-0.05, 0) is 13.8 Å². The molecule has 0 fully saturated rings. The zero-order valence-corrected chi connectivity index (χ0v) is 9.24. The molecule has 17 heavy (non-hydrogen) atoms. The number of hydrogen-bond donors (Lipinski definition) is 0. The number of halogens is 3. The molecule has 1 atom stereocenters. The lowest BCUT2D eigenvalue weighted by molar-refractivity contribution is -0.148. The van der Waals surface area contributed by atoms with Crippen LogP contribution in [0.5, 0.6) is 0 Å². The Morgan fingerprint density at radius 1 is 1.53 bits per heavy atom. The second-order valence-electron chi connectivity index (χ2n) is 3.41. The van der Waals surface area contributed by atoms with E-state index in [1.165, 1.54) is 0 Å². The molecule has 0 N–H and O–H groups in total. The zero-order valence-electron chi connectivity index (χ0n) is 9.24. The van der Waals surface area contributed by atoms with E-state index in [0.29, 0.717) is 5.01 Å². The summed E-state index contributed by atoms with van der Waals surface area (Å²) >= 11 is 0. The summed E-state index contributed by atoms with van der Waals surface area (Å²) in [5, 5.41) is 3.61. The second kappa shape index (κ2) is 4.72. The Morgan fingerprint density at radius 3 is 2.53 bits per heavy atom. The first-order chi connectivity index (χ1) is 7.77. The van der Waals surface area contributed by atoms with Crippen LogP contribution >= 0.6 is 0 Å². The third kappa shape index (κ3) is 2.95. The van der Waals surface area contributed by atoms with Crippen molar-refractivity contribution in [2.24, 2.45) is 11.0 Å². The Balaban J connectivity index is 2.79. The van der Waals surface area contributed by atoms with E-state index in [9.17, 15) is 22.8 Å². The average Bonchev–Trinajstić information content (AvgIpc) is 2.46. The van der Waals surface area contributed by atoms with Gasteiger partial charge >= 0.3 is 12.1 Å². The van der Waals surface area contributed by atoms with Gasteiger partial charge in [-0.2, -0.15) is 18.3 Å². The highest BCUT2D eigenvalue weighted by Crippen LogP contribution is 2.28. The lowest BCUT2D eigenvalue weighted by atomic mass is 10.1. The molecule has 0 saturated heterocycles. The fourth-order valence-corrected chi connectivity index (χ4v) is 1.35. The molecule has 0 aromatic heterocycles. The van der Waals surface area contributed by atoms with Crippen LogP contribution < -0.4 is 0 Å². The zero-order chi connectivity index (χ0) is 13.2. The van der Waals surface area contributed by atoms with E-state index >= 15 is 0 Å². The van der Waals surface area contributed by atoms with Crippen molar-refractivity contribution in [1.29, 1.82) is 0 Å². The van der Waals surface area contributed by atoms with Crippen LogP contribution in [-0.2, 0) is 14.3 Å². The highest BCUT2D eigenvalue weighted by atomic mass is 19.4. The summed E-state index contributed by atoms with van der Waals surface area (Å²) in [7, 11) is 0. The number of ether oxygens (including phenoxy) is 1. The third-order valence-corrected chi connectivity index (χ3v) is 2.14. The van der Waals surface area contributed by atoms with Gasteiger partial charge in [-0.1, -0.05) is 0 Å². The maximum atomic E-state index is 12.4. The van der Waals surface area contributed by atoms with Crippen molar-refractivity contribution in [3.63, 3.8) is 0 Å². The van der Waals surface area contributed by atoms with Crippen LogP contribution in [0.1, 0.15) is 13.8 Å². The molecule has 1 aliphatic rings. The fraction of sp³-hybridized carbons (Fsp3) is 0.667. The summed E-state index contributed by atoms with van der Waals surface area (Å²) in [6.07, 6.45) is -4.67. The van der Waals surface area contributed by atoms with Crippen LogP contribution in [0.3, 0.4) is 0 Å². The normalized spacial score (nSPS) is 20.5. The number of nitrogens with zero attached hydrogens (tertiary/aromatic N) is 2. The van der Waals surface area contributed by atoms with Crippen LogP contribution in [0.15, 0.2) is 5.10 Å². The summed E-state index contributed by atoms with van der Waals surface area (Å²) in [6, 6.07) is 0. The van der Waals surface area contributed by atoms with E-state index in [4.69, 9.17) is 0 Å². The summed E-state index contributed by atoms with van der Waals surface area (Å²) in [5.74, 6) is -3.03. The first-order valence-corrected chi connectivity index (χ1v) is 4.90. The predicted octanol–water partition coefficient (Wildman–Crippen LogP) is 0.946. The van der Waals surface area contributed by atoms with E-state index in [0.717, 1.165) is 6.92 Å². The summed E-state index contributed by atoms with van der Waals surface area (Å²) in [5.41, 5.74) is -1.19. The van der Waals surface area contributed by atoms with Crippen molar-refractivity contribution in [3.8, 4) is 0 Å². The summed E-state index contributed by atoms with van der Waals surface area (Å²) < 4.78 is 41.8. The van der Waals surface area contributed by atoms with Gasteiger partial charge < -0.3 is 4.74 Å². The van der Waals surface area contributed by atoms with Gasteiger partial charge in [-0.3, -0.25) is 9.59 Å². The molecule has 0 spiro atoms. The monoisotopic (exact) mass is 252 g/mol. The molecular formula is C9H11F3N2O3. The Kier molecular flexibility index (Phi) is 3.74. The van der Waals surface area contributed by atoms with Crippen molar-refractivity contribution in [2.45, 2.75) is 20.0 Å². The van der Waals surface area contributed by atoms with E-state index in [1.807, 2.05) is 0 Å². The number of alkyl halides is 3. The number of amides is 1. The number of esters is 1. The van der Waals surface area contributed by atoms with Crippen LogP contribution in [-0.4, -0.2) is 41.9 Å². The maximum absolute atomic E-state index is 12.4. The van der Waals surface area contributed by atoms with E-state index in [2.05, 4.69) is 9.84 Å². The molecule has 96 valence electrons. The lowest BCUT2D eigenvalue weighted by Crippen LogP contribution is -2.33. The Morgan fingerprint density at radius 2 is 2.12 bits per heavy atom. The average molecular weight is 252 g/mol. The molecule has 0 aromatic carbocycles. The molecule has 0 saturated carbocycles. The Hall–Kier alpha value is -1.60. The van der Waals surface area contributed by atoms with Crippen molar-refractivity contribution in [2.75, 3.05) is 13.2 Å². The highest BCUT2D eigenvalue weighted by molar-refractivity contribution is 6.10. The Bertz CT molecular complexity index is 365. The fourth-order valence-electron chi connectivity index (χ4n) is 1.35. The molecule has 1 aliphatic heterocycles. The van der Waals surface area contributed by atoms with Gasteiger partial charge in [0, 0.05) is 0 Å². The largest absolute Gasteiger partial charge is 0.465 e. The molecule has 8 heteroatoms. The van der Waals surface area contributed by atoms with E-state index in [-0.39, 0.29) is 6.61 Å². The molecule has 1 unspecified atom stereocenters. The van der Waals surface area contributed by atoms with Gasteiger partial charge in [0.2, 0.25) is 0 Å². The van der Waals surface area contributed by atoms with Gasteiger partial charge in [-0.25, -0.2) is 5.01 Å². The number of hydrazone groups is 1. The quantitative estimate of drug-likeness (QED) is 0.702. The summed E-state index contributed by atoms with van der Waals surface area (Å²) in [6.45, 7) is 2.14. The minimum atomic E-state index is -4.67.